The second-order valence-electron chi connectivity index (χ2n) is 7.44. The fraction of sp³-hybridized carbons (Fsp3) is 1.00. The molecule has 0 aromatic carbocycles. The summed E-state index contributed by atoms with van der Waals surface area (Å²) in [5.41, 5.74) is 5.90. The zero-order valence-corrected chi connectivity index (χ0v) is 16.4. The van der Waals surface area contributed by atoms with Gasteiger partial charge in [-0.1, -0.05) is 104 Å². The molecule has 0 aliphatic carbocycles. The van der Waals surface area contributed by atoms with Crippen molar-refractivity contribution in [1.29, 1.82) is 0 Å². The first-order chi connectivity index (χ1) is 10.5. The fourth-order valence-corrected chi connectivity index (χ4v) is 3.04. The molecule has 0 spiro atoms. The molecule has 22 heavy (non-hydrogen) atoms. The van der Waals surface area contributed by atoms with E-state index >= 15 is 0 Å². The highest BCUT2D eigenvalue weighted by atomic mass is 35.5. The SMILES string of the molecule is CCCCCCCCCCCCCCCCC(C)C(C)(N)Cl. The predicted molar refractivity (Wildman–Crippen MR) is 103 cm³/mol. The predicted octanol–water partition coefficient (Wildman–Crippen LogP) is 7.41. The summed E-state index contributed by atoms with van der Waals surface area (Å²) in [6, 6.07) is 0. The summed E-state index contributed by atoms with van der Waals surface area (Å²) in [6.45, 7) is 6.37. The van der Waals surface area contributed by atoms with Crippen LogP contribution < -0.4 is 5.73 Å². The van der Waals surface area contributed by atoms with Gasteiger partial charge in [0.05, 0.1) is 5.00 Å². The molecule has 2 unspecified atom stereocenters. The molecule has 0 amide bonds. The Morgan fingerprint density at radius 2 is 1.05 bits per heavy atom. The van der Waals surface area contributed by atoms with Gasteiger partial charge < -0.3 is 5.73 Å². The van der Waals surface area contributed by atoms with E-state index in [1.54, 1.807) is 0 Å². The Morgan fingerprint density at radius 1 is 0.727 bits per heavy atom. The molecular formula is C20H42ClN. The van der Waals surface area contributed by atoms with E-state index in [2.05, 4.69) is 13.8 Å². The van der Waals surface area contributed by atoms with Crippen LogP contribution in [0.25, 0.3) is 0 Å². The Bertz CT molecular complexity index is 222. The maximum atomic E-state index is 6.12. The summed E-state index contributed by atoms with van der Waals surface area (Å²) in [7, 11) is 0. The van der Waals surface area contributed by atoms with Gasteiger partial charge in [-0.15, -0.1) is 11.6 Å². The van der Waals surface area contributed by atoms with Gasteiger partial charge in [0.15, 0.2) is 0 Å². The molecule has 0 heterocycles. The summed E-state index contributed by atoms with van der Waals surface area (Å²) in [4.78, 5) is -0.531. The van der Waals surface area contributed by atoms with Gasteiger partial charge >= 0.3 is 0 Å². The molecule has 1 nitrogen and oxygen atoms in total. The third-order valence-electron chi connectivity index (χ3n) is 4.95. The second-order valence-corrected chi connectivity index (χ2v) is 8.25. The minimum atomic E-state index is -0.531. The van der Waals surface area contributed by atoms with E-state index < -0.39 is 5.00 Å². The zero-order valence-electron chi connectivity index (χ0n) is 15.6. The number of hydrogen-bond donors (Lipinski definition) is 1. The summed E-state index contributed by atoms with van der Waals surface area (Å²) < 4.78 is 0. The molecule has 0 rings (SSSR count). The van der Waals surface area contributed by atoms with Crippen LogP contribution in [0.5, 0.6) is 0 Å². The van der Waals surface area contributed by atoms with Crippen molar-refractivity contribution in [3.05, 3.63) is 0 Å². The lowest BCUT2D eigenvalue weighted by Gasteiger charge is -2.24. The van der Waals surface area contributed by atoms with E-state index in [4.69, 9.17) is 17.3 Å². The average Bonchev–Trinajstić information content (AvgIpc) is 2.46. The molecule has 0 radical (unpaired) electrons. The van der Waals surface area contributed by atoms with Gasteiger partial charge in [0.1, 0.15) is 0 Å². The minimum absolute atomic E-state index is 0.409. The molecule has 0 bridgehead atoms. The maximum Gasteiger partial charge on any atom is 0.0908 e. The minimum Gasteiger partial charge on any atom is -0.313 e. The molecular weight excluding hydrogens is 290 g/mol. The number of unbranched alkanes of at least 4 members (excludes halogenated alkanes) is 13. The van der Waals surface area contributed by atoms with Crippen molar-refractivity contribution in [2.24, 2.45) is 11.7 Å². The Balaban J connectivity index is 3.12. The second kappa shape index (κ2) is 14.8. The van der Waals surface area contributed by atoms with E-state index in [0.29, 0.717) is 5.92 Å². The molecule has 2 N–H and O–H groups in total. The number of halogens is 1. The lowest BCUT2D eigenvalue weighted by atomic mass is 9.96. The topological polar surface area (TPSA) is 26.0 Å². The zero-order chi connectivity index (χ0) is 16.7. The number of hydrogen-bond acceptors (Lipinski definition) is 1. The van der Waals surface area contributed by atoms with Crippen molar-refractivity contribution in [2.75, 3.05) is 0 Å². The molecule has 2 atom stereocenters. The molecule has 0 aromatic rings. The Labute approximate surface area is 145 Å². The van der Waals surface area contributed by atoms with Crippen LogP contribution in [0.15, 0.2) is 0 Å². The van der Waals surface area contributed by atoms with Crippen LogP contribution in [0.3, 0.4) is 0 Å². The Hall–Kier alpha value is 0.250. The van der Waals surface area contributed by atoms with Crippen LogP contribution in [0.1, 0.15) is 117 Å². The van der Waals surface area contributed by atoms with E-state index in [-0.39, 0.29) is 0 Å². The van der Waals surface area contributed by atoms with Crippen molar-refractivity contribution in [1.82, 2.24) is 0 Å². The number of nitrogens with two attached hydrogens (primary N) is 1. The average molecular weight is 332 g/mol. The van der Waals surface area contributed by atoms with Gasteiger partial charge in [-0.2, -0.15) is 0 Å². The number of rotatable bonds is 16. The summed E-state index contributed by atoms with van der Waals surface area (Å²) >= 11 is 6.12. The van der Waals surface area contributed by atoms with Crippen molar-refractivity contribution in [2.45, 2.75) is 122 Å². The standard InChI is InChI=1S/C20H42ClN/c1-4-5-6-7-8-9-10-11-12-13-14-15-16-17-18-19(2)20(3,21)22/h19H,4-18,22H2,1-3H3. The van der Waals surface area contributed by atoms with Crippen molar-refractivity contribution in [3.8, 4) is 0 Å². The summed E-state index contributed by atoms with van der Waals surface area (Å²) in [6.07, 6.45) is 20.9. The van der Waals surface area contributed by atoms with E-state index in [0.717, 1.165) is 6.42 Å². The first kappa shape index (κ1) is 22.2. The van der Waals surface area contributed by atoms with E-state index in [1.165, 1.54) is 89.9 Å². The monoisotopic (exact) mass is 331 g/mol. The van der Waals surface area contributed by atoms with Gasteiger partial charge in [0, 0.05) is 0 Å². The molecule has 0 fully saturated rings. The number of alkyl halides is 1. The van der Waals surface area contributed by atoms with Gasteiger partial charge in [0.2, 0.25) is 0 Å². The Kier molecular flexibility index (Phi) is 15.0. The smallest absolute Gasteiger partial charge is 0.0908 e. The first-order valence-corrected chi connectivity index (χ1v) is 10.3. The fourth-order valence-electron chi connectivity index (χ4n) is 2.93. The molecule has 134 valence electrons. The lowest BCUT2D eigenvalue weighted by molar-refractivity contribution is 0.387. The molecule has 2 heteroatoms. The van der Waals surface area contributed by atoms with Crippen LogP contribution in [0.4, 0.5) is 0 Å². The van der Waals surface area contributed by atoms with Crippen LogP contribution >= 0.6 is 11.6 Å². The van der Waals surface area contributed by atoms with Gasteiger partial charge in [-0.25, -0.2) is 0 Å². The van der Waals surface area contributed by atoms with Crippen LogP contribution in [0, 0.1) is 5.92 Å². The van der Waals surface area contributed by atoms with Gasteiger partial charge in [0.25, 0.3) is 0 Å². The lowest BCUT2D eigenvalue weighted by Crippen LogP contribution is -2.36. The van der Waals surface area contributed by atoms with Crippen molar-refractivity contribution < 1.29 is 0 Å². The highest BCUT2D eigenvalue weighted by Crippen LogP contribution is 2.24. The van der Waals surface area contributed by atoms with Crippen LogP contribution in [0.2, 0.25) is 0 Å². The largest absolute Gasteiger partial charge is 0.313 e. The highest BCUT2D eigenvalue weighted by Gasteiger charge is 2.22. The van der Waals surface area contributed by atoms with E-state index in [1.807, 2.05) is 6.92 Å². The van der Waals surface area contributed by atoms with Gasteiger partial charge in [-0.3, -0.25) is 0 Å². The third-order valence-corrected chi connectivity index (χ3v) is 5.33. The molecule has 0 saturated carbocycles. The van der Waals surface area contributed by atoms with Crippen LogP contribution in [-0.4, -0.2) is 5.00 Å². The molecule has 0 aliphatic rings. The van der Waals surface area contributed by atoms with Crippen LogP contribution in [-0.2, 0) is 0 Å². The van der Waals surface area contributed by atoms with E-state index in [9.17, 15) is 0 Å². The molecule has 0 saturated heterocycles. The summed E-state index contributed by atoms with van der Waals surface area (Å²) in [5.74, 6) is 0.409. The normalized spacial score (nSPS) is 15.7. The maximum absolute atomic E-state index is 6.12. The quantitative estimate of drug-likeness (QED) is 0.178. The molecule has 0 aromatic heterocycles. The van der Waals surface area contributed by atoms with Crippen molar-refractivity contribution >= 4 is 11.6 Å². The first-order valence-electron chi connectivity index (χ1n) is 9.96. The molecule has 0 aliphatic heterocycles. The van der Waals surface area contributed by atoms with Gasteiger partial charge in [-0.05, 0) is 19.3 Å². The third kappa shape index (κ3) is 15.2. The summed E-state index contributed by atoms with van der Waals surface area (Å²) in [5, 5.41) is 0. The Morgan fingerprint density at radius 3 is 1.36 bits per heavy atom. The van der Waals surface area contributed by atoms with Crippen molar-refractivity contribution in [3.63, 3.8) is 0 Å². The highest BCUT2D eigenvalue weighted by molar-refractivity contribution is 6.23.